The monoisotopic (exact) mass is 148 g/mol. The Morgan fingerprint density at radius 3 is 1.90 bits per heavy atom. The summed E-state index contributed by atoms with van der Waals surface area (Å²) in [4.78, 5) is 0. The molecule has 10 heavy (non-hydrogen) atoms. The molecule has 0 radical (unpaired) electrons. The molecular formula is C7H16O3. The summed E-state index contributed by atoms with van der Waals surface area (Å²) in [5.41, 5.74) is 0. The molecule has 1 rings (SSSR count). The van der Waals surface area contributed by atoms with Gasteiger partial charge in [0, 0.05) is 7.11 Å². The highest BCUT2D eigenvalue weighted by Crippen LogP contribution is 2.21. The van der Waals surface area contributed by atoms with Gasteiger partial charge < -0.3 is 14.6 Å². The van der Waals surface area contributed by atoms with E-state index in [1.807, 2.05) is 6.92 Å². The lowest BCUT2D eigenvalue weighted by Crippen LogP contribution is -2.23. The molecule has 1 fully saturated rings. The van der Waals surface area contributed by atoms with Crippen LogP contribution < -0.4 is 0 Å². The Morgan fingerprint density at radius 2 is 1.70 bits per heavy atom. The summed E-state index contributed by atoms with van der Waals surface area (Å²) in [5.74, 6) is -0.264. The molecule has 1 aliphatic rings. The fraction of sp³-hybridized carbons (Fsp3) is 1.00. The van der Waals surface area contributed by atoms with E-state index in [1.54, 1.807) is 0 Å². The summed E-state index contributed by atoms with van der Waals surface area (Å²) in [6.45, 7) is 5.54. The molecule has 0 aromatic heterocycles. The minimum absolute atomic E-state index is 0.264. The van der Waals surface area contributed by atoms with Gasteiger partial charge in [-0.1, -0.05) is 6.92 Å². The Bertz CT molecular complexity index is 76.9. The normalized spacial score (nSPS) is 21.6. The van der Waals surface area contributed by atoms with Crippen molar-refractivity contribution in [1.82, 2.24) is 0 Å². The lowest BCUT2D eigenvalue weighted by atomic mass is 10.2. The number of aliphatic hydroxyl groups is 1. The van der Waals surface area contributed by atoms with E-state index < -0.39 is 0 Å². The summed E-state index contributed by atoms with van der Waals surface area (Å²) in [5, 5.41) is 7.00. The van der Waals surface area contributed by atoms with Gasteiger partial charge in [0.1, 0.15) is 0 Å². The quantitative estimate of drug-likeness (QED) is 0.597. The van der Waals surface area contributed by atoms with Crippen LogP contribution in [-0.4, -0.2) is 31.2 Å². The lowest BCUT2D eigenvalue weighted by Gasteiger charge is -2.18. The van der Waals surface area contributed by atoms with Gasteiger partial charge in [0.25, 0.3) is 0 Å². The second-order valence-electron chi connectivity index (χ2n) is 2.18. The standard InChI is InChI=1S/C6H12O2.CH4O/c1-3-6(2)7-4-5-8-6;1-2/h3-5H2,1-2H3;2H,1H3. The van der Waals surface area contributed by atoms with E-state index in [-0.39, 0.29) is 5.79 Å². The van der Waals surface area contributed by atoms with E-state index in [0.717, 1.165) is 26.7 Å². The zero-order valence-electron chi connectivity index (χ0n) is 6.89. The molecule has 3 heteroatoms. The number of rotatable bonds is 1. The summed E-state index contributed by atoms with van der Waals surface area (Å²) in [6, 6.07) is 0. The average molecular weight is 148 g/mol. The van der Waals surface area contributed by atoms with Crippen LogP contribution in [-0.2, 0) is 9.47 Å². The molecule has 0 aliphatic carbocycles. The SMILES string of the molecule is CCC1(C)OCCO1.CO. The molecule has 0 saturated carbocycles. The van der Waals surface area contributed by atoms with Crippen LogP contribution in [0, 0.1) is 0 Å². The van der Waals surface area contributed by atoms with Crippen molar-refractivity contribution in [2.24, 2.45) is 0 Å². The molecule has 0 aromatic rings. The van der Waals surface area contributed by atoms with Crippen LogP contribution in [0.2, 0.25) is 0 Å². The molecule has 1 aliphatic heterocycles. The first-order chi connectivity index (χ1) is 4.77. The molecule has 1 N–H and O–H groups in total. The predicted octanol–water partition coefficient (Wildman–Crippen LogP) is 0.768. The maximum atomic E-state index is 7.00. The zero-order chi connectivity index (χ0) is 8.04. The van der Waals surface area contributed by atoms with E-state index in [4.69, 9.17) is 14.6 Å². The molecule has 3 nitrogen and oxygen atoms in total. The Morgan fingerprint density at radius 1 is 1.30 bits per heavy atom. The Balaban J connectivity index is 0.000000371. The van der Waals surface area contributed by atoms with Gasteiger partial charge in [-0.2, -0.15) is 0 Å². The zero-order valence-corrected chi connectivity index (χ0v) is 6.89. The third kappa shape index (κ3) is 2.64. The molecule has 0 aromatic carbocycles. The van der Waals surface area contributed by atoms with Gasteiger partial charge in [-0.15, -0.1) is 0 Å². The summed E-state index contributed by atoms with van der Waals surface area (Å²) in [6.07, 6.45) is 0.938. The van der Waals surface area contributed by atoms with Crippen molar-refractivity contribution in [2.75, 3.05) is 20.3 Å². The Kier molecular flexibility index (Phi) is 4.60. The molecule has 0 bridgehead atoms. The summed E-state index contributed by atoms with van der Waals surface area (Å²) in [7, 11) is 1.00. The minimum atomic E-state index is -0.264. The second kappa shape index (κ2) is 4.66. The Labute approximate surface area is 62.0 Å². The smallest absolute Gasteiger partial charge is 0.165 e. The van der Waals surface area contributed by atoms with Gasteiger partial charge in [-0.3, -0.25) is 0 Å². The fourth-order valence-electron chi connectivity index (χ4n) is 0.761. The second-order valence-corrected chi connectivity index (χ2v) is 2.18. The van der Waals surface area contributed by atoms with Crippen LogP contribution in [0.1, 0.15) is 20.3 Å². The fourth-order valence-corrected chi connectivity index (χ4v) is 0.761. The van der Waals surface area contributed by atoms with E-state index >= 15 is 0 Å². The summed E-state index contributed by atoms with van der Waals surface area (Å²) >= 11 is 0. The first-order valence-electron chi connectivity index (χ1n) is 3.49. The van der Waals surface area contributed by atoms with Crippen LogP contribution in [0.3, 0.4) is 0 Å². The molecule has 0 spiro atoms. The highest BCUT2D eigenvalue weighted by atomic mass is 16.7. The number of hydrogen-bond donors (Lipinski definition) is 1. The van der Waals surface area contributed by atoms with Crippen molar-refractivity contribution in [2.45, 2.75) is 26.1 Å². The van der Waals surface area contributed by atoms with Crippen LogP contribution in [0.4, 0.5) is 0 Å². The van der Waals surface area contributed by atoms with E-state index in [1.165, 1.54) is 0 Å². The maximum Gasteiger partial charge on any atom is 0.165 e. The van der Waals surface area contributed by atoms with Crippen LogP contribution in [0.25, 0.3) is 0 Å². The molecule has 62 valence electrons. The topological polar surface area (TPSA) is 38.7 Å². The first-order valence-corrected chi connectivity index (χ1v) is 3.49. The molecule has 1 heterocycles. The van der Waals surface area contributed by atoms with Crippen molar-refractivity contribution in [1.29, 1.82) is 0 Å². The molecule has 1 saturated heterocycles. The number of hydrogen-bond acceptors (Lipinski definition) is 3. The molecular weight excluding hydrogens is 132 g/mol. The van der Waals surface area contributed by atoms with Crippen molar-refractivity contribution in [3.05, 3.63) is 0 Å². The number of aliphatic hydroxyl groups excluding tert-OH is 1. The minimum Gasteiger partial charge on any atom is -0.400 e. The molecule has 0 unspecified atom stereocenters. The largest absolute Gasteiger partial charge is 0.400 e. The predicted molar refractivity (Wildman–Crippen MR) is 38.7 cm³/mol. The first kappa shape index (κ1) is 9.88. The van der Waals surface area contributed by atoms with Gasteiger partial charge in [0.05, 0.1) is 13.2 Å². The van der Waals surface area contributed by atoms with E-state index in [0.29, 0.717) is 0 Å². The van der Waals surface area contributed by atoms with Crippen molar-refractivity contribution in [3.63, 3.8) is 0 Å². The van der Waals surface area contributed by atoms with Gasteiger partial charge in [0.15, 0.2) is 5.79 Å². The van der Waals surface area contributed by atoms with Gasteiger partial charge >= 0.3 is 0 Å². The third-order valence-corrected chi connectivity index (χ3v) is 1.54. The van der Waals surface area contributed by atoms with Gasteiger partial charge in [-0.05, 0) is 13.3 Å². The van der Waals surface area contributed by atoms with Crippen LogP contribution >= 0.6 is 0 Å². The Hall–Kier alpha value is -0.120. The highest BCUT2D eigenvalue weighted by molar-refractivity contribution is 4.64. The summed E-state index contributed by atoms with van der Waals surface area (Å²) < 4.78 is 10.5. The van der Waals surface area contributed by atoms with Gasteiger partial charge in [-0.25, -0.2) is 0 Å². The molecule has 0 amide bonds. The molecule has 0 atom stereocenters. The van der Waals surface area contributed by atoms with Crippen LogP contribution in [0.15, 0.2) is 0 Å². The van der Waals surface area contributed by atoms with E-state index in [9.17, 15) is 0 Å². The van der Waals surface area contributed by atoms with Crippen molar-refractivity contribution >= 4 is 0 Å². The van der Waals surface area contributed by atoms with Gasteiger partial charge in [0.2, 0.25) is 0 Å². The maximum absolute atomic E-state index is 7.00. The average Bonchev–Trinajstić information content (AvgIpc) is 2.42. The van der Waals surface area contributed by atoms with E-state index in [2.05, 4.69) is 6.92 Å². The number of ether oxygens (including phenoxy) is 2. The third-order valence-electron chi connectivity index (χ3n) is 1.54. The highest BCUT2D eigenvalue weighted by Gasteiger charge is 2.27. The van der Waals surface area contributed by atoms with Crippen LogP contribution in [0.5, 0.6) is 0 Å². The van der Waals surface area contributed by atoms with Crippen molar-refractivity contribution in [3.8, 4) is 0 Å². The lowest BCUT2D eigenvalue weighted by molar-refractivity contribution is -0.143. The van der Waals surface area contributed by atoms with Crippen molar-refractivity contribution < 1.29 is 14.6 Å².